The highest BCUT2D eigenvalue weighted by Gasteiger charge is 2.18. The molecule has 3 aromatic carbocycles. The molecule has 0 aliphatic rings. The summed E-state index contributed by atoms with van der Waals surface area (Å²) < 4.78 is 81.6. The smallest absolute Gasteiger partial charge is 0.387 e. The molecule has 0 spiro atoms. The van der Waals surface area contributed by atoms with Gasteiger partial charge in [-0.25, -0.2) is 17.2 Å². The molecule has 3 N–H and O–H groups in total. The second-order valence-corrected chi connectivity index (χ2v) is 9.62. The fourth-order valence-corrected chi connectivity index (χ4v) is 4.00. The molecule has 0 amide bonds. The molecule has 35 heavy (non-hydrogen) atoms. The zero-order valence-corrected chi connectivity index (χ0v) is 19.4. The predicted molar refractivity (Wildman–Crippen MR) is 124 cm³/mol. The topological polar surface area (TPSA) is 87.7 Å². The van der Waals surface area contributed by atoms with Gasteiger partial charge in [0.1, 0.15) is 17.4 Å². The van der Waals surface area contributed by atoms with Gasteiger partial charge in [0, 0.05) is 12.6 Å². The molecule has 0 bridgehead atoms. The first-order chi connectivity index (χ1) is 16.5. The minimum atomic E-state index is -3.72. The van der Waals surface area contributed by atoms with Gasteiger partial charge in [-0.15, -0.1) is 0 Å². The molecular weight excluding hydrogens is 488 g/mol. The average Bonchev–Trinajstić information content (AvgIpc) is 2.78. The second-order valence-electron chi connectivity index (χ2n) is 7.87. The van der Waals surface area contributed by atoms with Crippen LogP contribution in [0.15, 0.2) is 66.7 Å². The molecule has 0 saturated carbocycles. The molecule has 0 aliphatic heterocycles. The van der Waals surface area contributed by atoms with Gasteiger partial charge in [-0.1, -0.05) is 30.3 Å². The van der Waals surface area contributed by atoms with Crippen molar-refractivity contribution in [3.05, 3.63) is 95.1 Å². The van der Waals surface area contributed by atoms with E-state index in [0.29, 0.717) is 12.0 Å². The minimum Gasteiger partial charge on any atom is -0.435 e. The van der Waals surface area contributed by atoms with E-state index in [1.165, 1.54) is 36.4 Å². The highest BCUT2D eigenvalue weighted by molar-refractivity contribution is 7.92. The first-order valence-corrected chi connectivity index (χ1v) is 12.4. The predicted octanol–water partition coefficient (Wildman–Crippen LogP) is 4.54. The number of anilines is 1. The van der Waals surface area contributed by atoms with Crippen molar-refractivity contribution in [2.45, 2.75) is 25.2 Å². The highest BCUT2D eigenvalue weighted by Crippen LogP contribution is 2.25. The van der Waals surface area contributed by atoms with Crippen molar-refractivity contribution < 1.29 is 35.8 Å². The number of alkyl halides is 2. The van der Waals surface area contributed by atoms with Gasteiger partial charge in [0.2, 0.25) is 10.0 Å². The van der Waals surface area contributed by atoms with E-state index in [2.05, 4.69) is 14.8 Å². The van der Waals surface area contributed by atoms with Crippen LogP contribution in [0.25, 0.3) is 0 Å². The maximum Gasteiger partial charge on any atom is 0.387 e. The van der Waals surface area contributed by atoms with Crippen molar-refractivity contribution >= 4 is 15.7 Å². The Morgan fingerprint density at radius 1 is 0.943 bits per heavy atom. The van der Waals surface area contributed by atoms with E-state index in [9.17, 15) is 31.1 Å². The Balaban J connectivity index is 1.78. The van der Waals surface area contributed by atoms with Gasteiger partial charge in [0.25, 0.3) is 0 Å². The molecule has 0 heterocycles. The zero-order chi connectivity index (χ0) is 25.6. The summed E-state index contributed by atoms with van der Waals surface area (Å²) in [5, 5.41) is 13.8. The van der Waals surface area contributed by atoms with Gasteiger partial charge in [-0.3, -0.25) is 4.72 Å². The SMILES string of the molecule is CS(=O)(=O)Nc1cc([C@@H](O)CN[C@@H](Cc2ccc(F)cc2)c2ccc(OC(F)F)cc2)ccc1F. The van der Waals surface area contributed by atoms with Gasteiger partial charge in [0.05, 0.1) is 18.0 Å². The maximum absolute atomic E-state index is 14.0. The lowest BCUT2D eigenvalue weighted by atomic mass is 9.98. The van der Waals surface area contributed by atoms with Crippen LogP contribution in [0.2, 0.25) is 0 Å². The maximum atomic E-state index is 14.0. The van der Waals surface area contributed by atoms with Crippen LogP contribution < -0.4 is 14.8 Å². The number of aliphatic hydroxyl groups is 1. The molecule has 0 aromatic heterocycles. The van der Waals surface area contributed by atoms with Crippen molar-refractivity contribution in [1.29, 1.82) is 0 Å². The number of rotatable bonds is 11. The summed E-state index contributed by atoms with van der Waals surface area (Å²) in [4.78, 5) is 0. The lowest BCUT2D eigenvalue weighted by molar-refractivity contribution is -0.0498. The van der Waals surface area contributed by atoms with Crippen LogP contribution in [0.1, 0.15) is 28.8 Å². The third-order valence-electron chi connectivity index (χ3n) is 5.09. The van der Waals surface area contributed by atoms with Crippen LogP contribution in [0, 0.1) is 11.6 Å². The molecule has 2 atom stereocenters. The number of benzene rings is 3. The summed E-state index contributed by atoms with van der Waals surface area (Å²) in [7, 11) is -3.72. The molecule has 0 unspecified atom stereocenters. The van der Waals surface area contributed by atoms with Crippen LogP contribution >= 0.6 is 0 Å². The Morgan fingerprint density at radius 2 is 1.57 bits per heavy atom. The fraction of sp³-hybridized carbons (Fsp3) is 0.250. The van der Waals surface area contributed by atoms with Gasteiger partial charge in [-0.05, 0) is 59.5 Å². The van der Waals surface area contributed by atoms with Gasteiger partial charge >= 0.3 is 6.61 Å². The average molecular weight is 513 g/mol. The Morgan fingerprint density at radius 3 is 2.17 bits per heavy atom. The van der Waals surface area contributed by atoms with E-state index >= 15 is 0 Å². The standard InChI is InChI=1S/C24H24F4N2O4S/c1-35(32,33)30-22-13-17(6-11-20(22)26)23(31)14-29-21(12-15-2-7-18(25)8-3-15)16-4-9-19(10-5-16)34-24(27)28/h2-11,13,21,23-24,29-31H,12,14H2,1H3/t21-,23-/m0/s1. The van der Waals surface area contributed by atoms with Crippen LogP contribution in [-0.2, 0) is 16.4 Å². The Bertz CT molecular complexity index is 1220. The molecule has 3 aromatic rings. The molecule has 0 radical (unpaired) electrons. The van der Waals surface area contributed by atoms with E-state index in [1.807, 2.05) is 0 Å². The third-order valence-corrected chi connectivity index (χ3v) is 5.68. The van der Waals surface area contributed by atoms with E-state index in [4.69, 9.17) is 0 Å². The quantitative estimate of drug-likeness (QED) is 0.328. The van der Waals surface area contributed by atoms with E-state index in [-0.39, 0.29) is 23.5 Å². The molecule has 0 saturated heterocycles. The highest BCUT2D eigenvalue weighted by atomic mass is 32.2. The summed E-state index contributed by atoms with van der Waals surface area (Å²) in [6.07, 6.45) is 0.133. The monoisotopic (exact) mass is 512 g/mol. The Hall–Kier alpha value is -3.15. The van der Waals surface area contributed by atoms with Crippen LogP contribution in [-0.4, -0.2) is 32.9 Å². The van der Waals surface area contributed by atoms with Gasteiger partial charge < -0.3 is 15.2 Å². The lowest BCUT2D eigenvalue weighted by Gasteiger charge is -2.22. The summed E-state index contributed by atoms with van der Waals surface area (Å²) in [6.45, 7) is -2.97. The molecule has 188 valence electrons. The summed E-state index contributed by atoms with van der Waals surface area (Å²) >= 11 is 0. The number of ether oxygens (including phenoxy) is 1. The van der Waals surface area contributed by atoms with Crippen molar-refractivity contribution in [2.24, 2.45) is 0 Å². The number of nitrogens with one attached hydrogen (secondary N) is 2. The molecule has 0 aliphatic carbocycles. The minimum absolute atomic E-state index is 0.00884. The summed E-state index contributed by atoms with van der Waals surface area (Å²) in [6, 6.07) is 15.0. The zero-order valence-electron chi connectivity index (χ0n) is 18.6. The molecule has 0 fully saturated rings. The normalized spacial score (nSPS) is 13.5. The van der Waals surface area contributed by atoms with Crippen molar-refractivity contribution in [3.8, 4) is 5.75 Å². The number of hydrogen-bond donors (Lipinski definition) is 3. The second kappa shape index (κ2) is 11.5. The van der Waals surface area contributed by atoms with E-state index in [0.717, 1.165) is 17.9 Å². The van der Waals surface area contributed by atoms with Gasteiger partial charge in [0.15, 0.2) is 0 Å². The summed E-state index contributed by atoms with van der Waals surface area (Å²) in [5.74, 6) is -1.20. The number of halogens is 4. The number of sulfonamides is 1. The first kappa shape index (κ1) is 26.5. The van der Waals surface area contributed by atoms with Crippen molar-refractivity contribution in [3.63, 3.8) is 0 Å². The molecule has 11 heteroatoms. The van der Waals surface area contributed by atoms with E-state index < -0.39 is 40.4 Å². The number of aliphatic hydroxyl groups excluding tert-OH is 1. The molecule has 6 nitrogen and oxygen atoms in total. The molecular formula is C24H24F4N2O4S. The summed E-state index contributed by atoms with van der Waals surface area (Å²) in [5.41, 5.74) is 1.46. The van der Waals surface area contributed by atoms with Crippen LogP contribution in [0.5, 0.6) is 5.75 Å². The Labute approximate surface area is 200 Å². The lowest BCUT2D eigenvalue weighted by Crippen LogP contribution is -2.28. The van der Waals surface area contributed by atoms with Crippen molar-refractivity contribution in [2.75, 3.05) is 17.5 Å². The number of hydrogen-bond acceptors (Lipinski definition) is 5. The van der Waals surface area contributed by atoms with Crippen LogP contribution in [0.3, 0.4) is 0 Å². The van der Waals surface area contributed by atoms with Crippen LogP contribution in [0.4, 0.5) is 23.2 Å². The Kier molecular flexibility index (Phi) is 8.71. The van der Waals surface area contributed by atoms with Crippen molar-refractivity contribution in [1.82, 2.24) is 5.32 Å². The fourth-order valence-electron chi connectivity index (χ4n) is 3.45. The van der Waals surface area contributed by atoms with Gasteiger partial charge in [-0.2, -0.15) is 8.78 Å². The molecule has 3 rings (SSSR count). The largest absolute Gasteiger partial charge is 0.435 e. The third kappa shape index (κ3) is 8.23. The first-order valence-electron chi connectivity index (χ1n) is 10.5. The van der Waals surface area contributed by atoms with E-state index in [1.54, 1.807) is 24.3 Å².